The number of ether oxygens (including phenoxy) is 2. The summed E-state index contributed by atoms with van der Waals surface area (Å²) in [5, 5.41) is 2.99. The molecule has 0 saturated carbocycles. The number of esters is 1. The summed E-state index contributed by atoms with van der Waals surface area (Å²) in [5.74, 6) is -0.218. The number of methoxy groups -OCH3 is 1. The predicted octanol–water partition coefficient (Wildman–Crippen LogP) is 0.247. The first-order valence-electron chi connectivity index (χ1n) is 6.03. The van der Waals surface area contributed by atoms with Crippen molar-refractivity contribution in [1.29, 1.82) is 0 Å². The summed E-state index contributed by atoms with van der Waals surface area (Å²) >= 11 is 0. The van der Waals surface area contributed by atoms with Crippen LogP contribution in [-0.2, 0) is 14.3 Å². The van der Waals surface area contributed by atoms with E-state index >= 15 is 0 Å². The number of hydrogen-bond donors (Lipinski definition) is 1. The van der Waals surface area contributed by atoms with Crippen molar-refractivity contribution in [1.82, 2.24) is 10.2 Å². The largest absolute Gasteiger partial charge is 0.468 e. The highest BCUT2D eigenvalue weighted by Crippen LogP contribution is 2.20. The molecule has 0 aromatic rings. The second-order valence-corrected chi connectivity index (χ2v) is 5.25. The first-order valence-corrected chi connectivity index (χ1v) is 6.03. The van der Waals surface area contributed by atoms with Crippen LogP contribution in [0.25, 0.3) is 0 Å². The van der Waals surface area contributed by atoms with Gasteiger partial charge >= 0.3 is 5.97 Å². The Hall–Kier alpha value is -0.650. The van der Waals surface area contributed by atoms with Crippen molar-refractivity contribution in [3.63, 3.8) is 0 Å². The van der Waals surface area contributed by atoms with Crippen LogP contribution < -0.4 is 5.32 Å². The zero-order valence-electron chi connectivity index (χ0n) is 11.4. The fourth-order valence-corrected chi connectivity index (χ4v) is 2.41. The lowest BCUT2D eigenvalue weighted by atomic mass is 10.0. The summed E-state index contributed by atoms with van der Waals surface area (Å²) in [4.78, 5) is 13.8. The second-order valence-electron chi connectivity index (χ2n) is 5.25. The van der Waals surface area contributed by atoms with Crippen LogP contribution in [0.3, 0.4) is 0 Å². The highest BCUT2D eigenvalue weighted by molar-refractivity contribution is 5.75. The molecule has 1 aliphatic rings. The number of nitrogens with one attached hydrogen (secondary N) is 1. The van der Waals surface area contributed by atoms with E-state index in [1.54, 1.807) is 7.05 Å². The zero-order chi connectivity index (χ0) is 13.1. The maximum atomic E-state index is 11.5. The number of nitrogens with zero attached hydrogens (tertiary/aromatic N) is 1. The van der Waals surface area contributed by atoms with Crippen LogP contribution in [-0.4, -0.2) is 62.4 Å². The van der Waals surface area contributed by atoms with E-state index in [-0.39, 0.29) is 23.7 Å². The Balaban J connectivity index is 2.57. The number of hydrogen-bond acceptors (Lipinski definition) is 5. The molecule has 1 saturated heterocycles. The van der Waals surface area contributed by atoms with Crippen LogP contribution in [0.5, 0.6) is 0 Å². The van der Waals surface area contributed by atoms with Gasteiger partial charge in [-0.15, -0.1) is 0 Å². The molecule has 0 aliphatic carbocycles. The maximum absolute atomic E-state index is 11.5. The van der Waals surface area contributed by atoms with Crippen molar-refractivity contribution in [2.45, 2.75) is 38.5 Å². The number of likely N-dealkylation sites (N-methyl/N-ethyl adjacent to an activating group) is 1. The molecular weight excluding hydrogens is 220 g/mol. The van der Waals surface area contributed by atoms with Gasteiger partial charge in [-0.05, 0) is 27.8 Å². The quantitative estimate of drug-likeness (QED) is 0.718. The first kappa shape index (κ1) is 14.4. The van der Waals surface area contributed by atoms with Gasteiger partial charge in [0.2, 0.25) is 0 Å². The summed E-state index contributed by atoms with van der Waals surface area (Å²) in [5.41, 5.74) is -0.161. The highest BCUT2D eigenvalue weighted by atomic mass is 16.5. The summed E-state index contributed by atoms with van der Waals surface area (Å²) in [6.45, 7) is 8.52. The van der Waals surface area contributed by atoms with E-state index in [1.807, 2.05) is 0 Å². The van der Waals surface area contributed by atoms with E-state index in [9.17, 15) is 4.79 Å². The SMILES string of the molecule is CNC(CN1CC(C)OC(C)(C)C1)C(=O)OC. The lowest BCUT2D eigenvalue weighted by Gasteiger charge is -2.42. The van der Waals surface area contributed by atoms with Crippen molar-refractivity contribution in [2.24, 2.45) is 0 Å². The second kappa shape index (κ2) is 5.80. The molecule has 0 aromatic heterocycles. The molecule has 0 bridgehead atoms. The lowest BCUT2D eigenvalue weighted by molar-refractivity contribution is -0.148. The van der Waals surface area contributed by atoms with Crippen molar-refractivity contribution in [2.75, 3.05) is 33.8 Å². The summed E-state index contributed by atoms with van der Waals surface area (Å²) in [6, 6.07) is -0.277. The van der Waals surface area contributed by atoms with E-state index in [0.29, 0.717) is 6.54 Å². The van der Waals surface area contributed by atoms with Crippen molar-refractivity contribution < 1.29 is 14.3 Å². The monoisotopic (exact) mass is 244 g/mol. The number of morpholine rings is 1. The number of carbonyl (C=O) groups excluding carboxylic acids is 1. The molecule has 2 unspecified atom stereocenters. The third-order valence-corrected chi connectivity index (χ3v) is 2.91. The Morgan fingerprint density at radius 3 is 2.76 bits per heavy atom. The van der Waals surface area contributed by atoms with Gasteiger partial charge in [-0.3, -0.25) is 9.69 Å². The molecule has 0 amide bonds. The summed E-state index contributed by atoms with van der Waals surface area (Å²) < 4.78 is 10.6. The van der Waals surface area contributed by atoms with Crippen LogP contribution in [0.15, 0.2) is 0 Å². The Bertz CT molecular complexity index is 268. The number of carbonyl (C=O) groups is 1. The zero-order valence-corrected chi connectivity index (χ0v) is 11.4. The average molecular weight is 244 g/mol. The van der Waals surface area contributed by atoms with Crippen LogP contribution in [0.2, 0.25) is 0 Å². The van der Waals surface area contributed by atoms with Gasteiger partial charge in [0.15, 0.2) is 0 Å². The van der Waals surface area contributed by atoms with Crippen molar-refractivity contribution >= 4 is 5.97 Å². The third-order valence-electron chi connectivity index (χ3n) is 2.91. The van der Waals surface area contributed by atoms with E-state index in [2.05, 4.69) is 31.0 Å². The maximum Gasteiger partial charge on any atom is 0.324 e. The average Bonchev–Trinajstić information content (AvgIpc) is 2.22. The molecule has 1 N–H and O–H groups in total. The molecule has 1 heterocycles. The Kier molecular flexibility index (Phi) is 4.91. The van der Waals surface area contributed by atoms with E-state index in [4.69, 9.17) is 9.47 Å². The minimum absolute atomic E-state index is 0.161. The molecule has 0 radical (unpaired) electrons. The minimum atomic E-state index is -0.277. The number of rotatable bonds is 4. The fourth-order valence-electron chi connectivity index (χ4n) is 2.41. The van der Waals surface area contributed by atoms with Crippen LogP contribution in [0.1, 0.15) is 20.8 Å². The van der Waals surface area contributed by atoms with Crippen LogP contribution in [0.4, 0.5) is 0 Å². The molecular formula is C12H24N2O3. The van der Waals surface area contributed by atoms with E-state index in [0.717, 1.165) is 13.1 Å². The molecule has 100 valence electrons. The van der Waals surface area contributed by atoms with Crippen molar-refractivity contribution in [3.05, 3.63) is 0 Å². The van der Waals surface area contributed by atoms with Gasteiger partial charge in [0, 0.05) is 19.6 Å². The van der Waals surface area contributed by atoms with Crippen molar-refractivity contribution in [3.8, 4) is 0 Å². The molecule has 5 nitrogen and oxygen atoms in total. The van der Waals surface area contributed by atoms with E-state index in [1.165, 1.54) is 7.11 Å². The molecule has 17 heavy (non-hydrogen) atoms. The molecule has 0 aromatic carbocycles. The highest BCUT2D eigenvalue weighted by Gasteiger charge is 2.33. The van der Waals surface area contributed by atoms with Crippen LogP contribution >= 0.6 is 0 Å². The molecule has 2 atom stereocenters. The topological polar surface area (TPSA) is 50.8 Å². The van der Waals surface area contributed by atoms with Gasteiger partial charge in [-0.2, -0.15) is 0 Å². The van der Waals surface area contributed by atoms with Gasteiger partial charge in [-0.25, -0.2) is 0 Å². The molecule has 1 rings (SSSR count). The Morgan fingerprint density at radius 2 is 2.29 bits per heavy atom. The first-order chi connectivity index (χ1) is 7.88. The minimum Gasteiger partial charge on any atom is -0.468 e. The third kappa shape index (κ3) is 4.26. The molecule has 1 aliphatic heterocycles. The summed E-state index contributed by atoms with van der Waals surface area (Å²) in [7, 11) is 3.19. The standard InChI is InChI=1S/C12H24N2O3/c1-9-6-14(8-12(2,3)17-9)7-10(13-4)11(15)16-5/h9-10,13H,6-8H2,1-5H3. The smallest absolute Gasteiger partial charge is 0.324 e. The van der Waals surface area contributed by atoms with Gasteiger partial charge in [0.05, 0.1) is 18.8 Å². The normalized spacial score (nSPS) is 26.5. The Morgan fingerprint density at radius 1 is 1.65 bits per heavy atom. The van der Waals surface area contributed by atoms with Gasteiger partial charge < -0.3 is 14.8 Å². The van der Waals surface area contributed by atoms with Gasteiger partial charge in [0.1, 0.15) is 6.04 Å². The lowest BCUT2D eigenvalue weighted by Crippen LogP contribution is -2.56. The predicted molar refractivity (Wildman–Crippen MR) is 65.9 cm³/mol. The van der Waals surface area contributed by atoms with E-state index < -0.39 is 0 Å². The van der Waals surface area contributed by atoms with Crippen LogP contribution in [0, 0.1) is 0 Å². The Labute approximate surface area is 103 Å². The molecule has 5 heteroatoms. The molecule has 1 fully saturated rings. The molecule has 0 spiro atoms. The fraction of sp³-hybridized carbons (Fsp3) is 0.917. The van der Waals surface area contributed by atoms with Gasteiger partial charge in [-0.1, -0.05) is 0 Å². The van der Waals surface area contributed by atoms with Gasteiger partial charge in [0.25, 0.3) is 0 Å². The summed E-state index contributed by atoms with van der Waals surface area (Å²) in [6.07, 6.45) is 0.189.